The van der Waals surface area contributed by atoms with E-state index in [4.69, 9.17) is 16.2 Å². The maximum Gasteiger partial charge on any atom is 0.328 e. The summed E-state index contributed by atoms with van der Waals surface area (Å²) in [6, 6.07) is -0.578. The zero-order valence-electron chi connectivity index (χ0n) is 12.1. The van der Waals surface area contributed by atoms with Crippen LogP contribution in [0.15, 0.2) is 0 Å². The van der Waals surface area contributed by atoms with Crippen LogP contribution >= 0.6 is 22.6 Å². The van der Waals surface area contributed by atoms with E-state index in [2.05, 4.69) is 27.9 Å². The molecule has 0 saturated carbocycles. The molecule has 2 atom stereocenters. The quantitative estimate of drug-likeness (QED) is 0.205. The summed E-state index contributed by atoms with van der Waals surface area (Å²) < 4.78 is 4.57. The van der Waals surface area contributed by atoms with Crippen LogP contribution in [0.3, 0.4) is 0 Å². The molecule has 118 valence electrons. The molecule has 0 rings (SSSR count). The largest absolute Gasteiger partial charge is 0.467 e. The maximum absolute atomic E-state index is 12.0. The molecular formula is C13H26IN3O3. The van der Waals surface area contributed by atoms with Gasteiger partial charge in [-0.05, 0) is 45.2 Å². The van der Waals surface area contributed by atoms with E-state index in [1.807, 2.05) is 0 Å². The monoisotopic (exact) mass is 399 g/mol. The second-order valence-electron chi connectivity index (χ2n) is 4.62. The van der Waals surface area contributed by atoms with Crippen LogP contribution in [0.4, 0.5) is 0 Å². The maximum atomic E-state index is 12.0. The summed E-state index contributed by atoms with van der Waals surface area (Å²) in [7, 11) is 1.33. The van der Waals surface area contributed by atoms with Gasteiger partial charge in [-0.25, -0.2) is 4.79 Å². The highest BCUT2D eigenvalue weighted by molar-refractivity contribution is 14.1. The van der Waals surface area contributed by atoms with Gasteiger partial charge in [0.1, 0.15) is 6.04 Å². The first-order chi connectivity index (χ1) is 9.56. The molecule has 0 radical (unpaired) electrons. The molecule has 5 N–H and O–H groups in total. The Bertz CT molecular complexity index is 290. The first kappa shape index (κ1) is 19.6. The molecule has 0 aromatic rings. The molecule has 0 aliphatic heterocycles. The number of amides is 1. The van der Waals surface area contributed by atoms with E-state index < -0.39 is 12.0 Å². The number of esters is 1. The number of carbonyl (C=O) groups is 2. The average Bonchev–Trinajstić information content (AvgIpc) is 2.45. The molecule has 0 aromatic heterocycles. The summed E-state index contributed by atoms with van der Waals surface area (Å²) >= 11 is 2.10. The van der Waals surface area contributed by atoms with Gasteiger partial charge in [0.2, 0.25) is 5.91 Å². The smallest absolute Gasteiger partial charge is 0.328 e. The molecule has 0 saturated heterocycles. The van der Waals surface area contributed by atoms with Gasteiger partial charge in [0, 0.05) is 0 Å². The van der Waals surface area contributed by atoms with Crippen molar-refractivity contribution in [3.05, 3.63) is 0 Å². The van der Waals surface area contributed by atoms with Crippen LogP contribution in [0.5, 0.6) is 0 Å². The molecule has 0 bridgehead atoms. The Morgan fingerprint density at radius 2 is 1.65 bits per heavy atom. The number of carbonyl (C=O) groups excluding carboxylic acids is 2. The van der Waals surface area contributed by atoms with Crippen LogP contribution in [-0.4, -0.2) is 42.0 Å². The summed E-state index contributed by atoms with van der Waals surface area (Å²) in [5.74, 6) is -0.522. The highest BCUT2D eigenvalue weighted by atomic mass is 127. The third kappa shape index (κ3) is 8.70. The van der Waals surface area contributed by atoms with Gasteiger partial charge >= 0.3 is 5.97 Å². The Morgan fingerprint density at radius 3 is 2.15 bits per heavy atom. The van der Waals surface area contributed by atoms with Crippen molar-refractivity contribution >= 4 is 34.5 Å². The van der Waals surface area contributed by atoms with E-state index in [1.165, 1.54) is 7.11 Å². The summed E-state index contributed by atoms with van der Waals surface area (Å²) in [5, 5.41) is 2.76. The van der Waals surface area contributed by atoms with Gasteiger partial charge in [-0.15, -0.1) is 0 Å². The number of ether oxygens (including phenoxy) is 1. The van der Waals surface area contributed by atoms with Crippen molar-refractivity contribution in [2.45, 2.75) is 48.5 Å². The van der Waals surface area contributed by atoms with Crippen molar-refractivity contribution in [2.24, 2.45) is 11.5 Å². The average molecular weight is 399 g/mol. The van der Waals surface area contributed by atoms with Crippen LogP contribution in [-0.2, 0) is 14.3 Å². The number of methoxy groups -OCH3 is 1. The number of halogens is 1. The van der Waals surface area contributed by atoms with Crippen molar-refractivity contribution in [2.75, 3.05) is 20.2 Å². The third-order valence-electron chi connectivity index (χ3n) is 2.95. The second kappa shape index (κ2) is 12.3. The number of unbranched alkanes of at least 4 members (excludes halogenated alkanes) is 2. The first-order valence-corrected chi connectivity index (χ1v) is 8.23. The molecule has 6 nitrogen and oxygen atoms in total. The summed E-state index contributed by atoms with van der Waals surface area (Å²) in [4.78, 5) is 23.7. The van der Waals surface area contributed by atoms with Gasteiger partial charge in [-0.1, -0.05) is 29.0 Å². The predicted octanol–water partition coefficient (Wildman–Crippen LogP) is 0.706. The van der Waals surface area contributed by atoms with E-state index in [-0.39, 0.29) is 9.83 Å². The number of alkyl halides is 1. The van der Waals surface area contributed by atoms with Crippen molar-refractivity contribution in [1.29, 1.82) is 0 Å². The van der Waals surface area contributed by atoms with E-state index >= 15 is 0 Å². The first-order valence-electron chi connectivity index (χ1n) is 6.99. The van der Waals surface area contributed by atoms with Crippen LogP contribution < -0.4 is 16.8 Å². The lowest BCUT2D eigenvalue weighted by Crippen LogP contribution is -2.44. The molecule has 0 spiro atoms. The van der Waals surface area contributed by atoms with E-state index in [0.29, 0.717) is 19.5 Å². The SMILES string of the molecule is COC(=O)C(CCCCN)NC(=O)C(I)CCCCN. The number of rotatable bonds is 11. The zero-order valence-corrected chi connectivity index (χ0v) is 14.2. The van der Waals surface area contributed by atoms with Gasteiger partial charge in [0.15, 0.2) is 0 Å². The van der Waals surface area contributed by atoms with Gasteiger partial charge in [0.25, 0.3) is 0 Å². The predicted molar refractivity (Wildman–Crippen MR) is 87.6 cm³/mol. The lowest BCUT2D eigenvalue weighted by atomic mass is 10.1. The molecule has 0 aliphatic rings. The van der Waals surface area contributed by atoms with Crippen LogP contribution in [0, 0.1) is 0 Å². The third-order valence-corrected chi connectivity index (χ3v) is 4.13. The number of hydrogen-bond acceptors (Lipinski definition) is 5. The minimum Gasteiger partial charge on any atom is -0.467 e. The fraction of sp³-hybridized carbons (Fsp3) is 0.846. The topological polar surface area (TPSA) is 107 Å². The zero-order chi connectivity index (χ0) is 15.4. The molecule has 2 unspecified atom stereocenters. The molecule has 0 aliphatic carbocycles. The summed E-state index contributed by atoms with van der Waals surface area (Å²) in [6.45, 7) is 1.21. The van der Waals surface area contributed by atoms with Crippen molar-refractivity contribution in [1.82, 2.24) is 5.32 Å². The Morgan fingerprint density at radius 1 is 1.10 bits per heavy atom. The second-order valence-corrected chi connectivity index (χ2v) is 6.12. The highest BCUT2D eigenvalue weighted by Gasteiger charge is 2.24. The molecule has 7 heteroatoms. The molecule has 0 fully saturated rings. The van der Waals surface area contributed by atoms with Crippen LogP contribution in [0.1, 0.15) is 38.5 Å². The Labute approximate surface area is 134 Å². The summed E-state index contributed by atoms with van der Waals surface area (Å²) in [6.07, 6.45) is 4.75. The van der Waals surface area contributed by atoms with Gasteiger partial charge in [-0.3, -0.25) is 4.79 Å². The Balaban J connectivity index is 4.25. The molecule has 0 heterocycles. The standard InChI is InChI=1S/C13H26IN3O3/c1-20-13(19)11(7-3-5-9-16)17-12(18)10(14)6-2-4-8-15/h10-11H,2-9,15-16H2,1H3,(H,17,18). The minimum atomic E-state index is -0.578. The number of hydrogen-bond donors (Lipinski definition) is 3. The Hall–Kier alpha value is -0.410. The summed E-state index contributed by atoms with van der Waals surface area (Å²) in [5.41, 5.74) is 10.8. The molecule has 20 heavy (non-hydrogen) atoms. The van der Waals surface area contributed by atoms with Gasteiger partial charge < -0.3 is 21.5 Å². The van der Waals surface area contributed by atoms with Crippen molar-refractivity contribution < 1.29 is 14.3 Å². The number of nitrogens with two attached hydrogens (primary N) is 2. The fourth-order valence-electron chi connectivity index (χ4n) is 1.75. The van der Waals surface area contributed by atoms with E-state index in [9.17, 15) is 9.59 Å². The highest BCUT2D eigenvalue weighted by Crippen LogP contribution is 2.12. The van der Waals surface area contributed by atoms with Gasteiger partial charge in [-0.2, -0.15) is 0 Å². The van der Waals surface area contributed by atoms with Crippen molar-refractivity contribution in [3.63, 3.8) is 0 Å². The van der Waals surface area contributed by atoms with Gasteiger partial charge in [0.05, 0.1) is 11.0 Å². The normalized spacial score (nSPS) is 13.6. The lowest BCUT2D eigenvalue weighted by molar-refractivity contribution is -0.145. The molecule has 1 amide bonds. The van der Waals surface area contributed by atoms with E-state index in [0.717, 1.165) is 32.1 Å². The molecule has 0 aromatic carbocycles. The minimum absolute atomic E-state index is 0.120. The van der Waals surface area contributed by atoms with Crippen LogP contribution in [0.2, 0.25) is 0 Å². The Kier molecular flexibility index (Phi) is 12.1. The molecular weight excluding hydrogens is 373 g/mol. The van der Waals surface area contributed by atoms with Crippen molar-refractivity contribution in [3.8, 4) is 0 Å². The fourth-order valence-corrected chi connectivity index (χ4v) is 2.37. The van der Waals surface area contributed by atoms with E-state index in [1.54, 1.807) is 0 Å². The van der Waals surface area contributed by atoms with Crippen LogP contribution in [0.25, 0.3) is 0 Å². The number of nitrogens with one attached hydrogen (secondary N) is 1. The lowest BCUT2D eigenvalue weighted by Gasteiger charge is -2.18.